The molecule has 118 valence electrons. The molecule has 24 heavy (non-hydrogen) atoms. The number of rotatable bonds is 2. The van der Waals surface area contributed by atoms with Gasteiger partial charge in [0.2, 0.25) is 0 Å². The topological polar surface area (TPSA) is 59.9 Å². The van der Waals surface area contributed by atoms with Gasteiger partial charge in [0.05, 0.1) is 32.7 Å². The van der Waals surface area contributed by atoms with Crippen LogP contribution in [-0.2, 0) is 6.42 Å². The summed E-state index contributed by atoms with van der Waals surface area (Å²) in [5, 5.41) is 5.52. The van der Waals surface area contributed by atoms with E-state index in [1.165, 1.54) is 5.56 Å². The maximum atomic E-state index is 5.57. The van der Waals surface area contributed by atoms with Crippen molar-refractivity contribution in [1.82, 2.24) is 15.0 Å². The van der Waals surface area contributed by atoms with Gasteiger partial charge in [0.1, 0.15) is 17.9 Å². The molecule has 2 aromatic heterocycles. The van der Waals surface area contributed by atoms with Gasteiger partial charge < -0.3 is 10.1 Å². The number of benzene rings is 2. The minimum atomic E-state index is 0.760. The molecule has 0 unspecified atom stereocenters. The van der Waals surface area contributed by atoms with Crippen molar-refractivity contribution in [2.24, 2.45) is 0 Å². The minimum absolute atomic E-state index is 0.760. The summed E-state index contributed by atoms with van der Waals surface area (Å²) in [5.41, 5.74) is 4.16. The van der Waals surface area contributed by atoms with E-state index in [-0.39, 0.29) is 0 Å². The number of thiazole rings is 1. The van der Waals surface area contributed by atoms with Crippen LogP contribution in [0.15, 0.2) is 36.7 Å². The minimum Gasteiger partial charge on any atom is -0.493 e. The van der Waals surface area contributed by atoms with Crippen LogP contribution in [0.2, 0.25) is 0 Å². The van der Waals surface area contributed by atoms with Gasteiger partial charge in [-0.2, -0.15) is 0 Å². The molecule has 1 aliphatic heterocycles. The van der Waals surface area contributed by atoms with E-state index in [2.05, 4.69) is 26.3 Å². The molecule has 4 aromatic rings. The van der Waals surface area contributed by atoms with Gasteiger partial charge in [0.15, 0.2) is 0 Å². The molecule has 2 aromatic carbocycles. The van der Waals surface area contributed by atoms with E-state index < -0.39 is 0 Å². The van der Waals surface area contributed by atoms with Crippen molar-refractivity contribution in [2.45, 2.75) is 13.3 Å². The van der Waals surface area contributed by atoms with Crippen molar-refractivity contribution in [3.63, 3.8) is 0 Å². The lowest BCUT2D eigenvalue weighted by Crippen LogP contribution is -1.96. The Morgan fingerprint density at radius 3 is 3.00 bits per heavy atom. The number of nitrogens with one attached hydrogen (secondary N) is 1. The molecule has 0 saturated heterocycles. The third kappa shape index (κ3) is 2.11. The van der Waals surface area contributed by atoms with Gasteiger partial charge in [0.25, 0.3) is 0 Å². The van der Waals surface area contributed by atoms with Crippen LogP contribution in [0.3, 0.4) is 0 Å². The Bertz CT molecular complexity index is 1090. The second kappa shape index (κ2) is 5.14. The summed E-state index contributed by atoms with van der Waals surface area (Å²) < 4.78 is 6.70. The molecule has 0 atom stereocenters. The standard InChI is InChI=1S/C18H14N4OS/c1-10-21-14-4-3-13-16(17(14)24-10)18(20-9-19-13)22-12-2-5-15-11(8-12)6-7-23-15/h2-5,8-9H,6-7H2,1H3,(H,19,20,22). The fourth-order valence-corrected chi connectivity index (χ4v) is 4.10. The number of ether oxygens (including phenoxy) is 1. The second-order valence-electron chi connectivity index (χ2n) is 5.81. The average Bonchev–Trinajstić information content (AvgIpc) is 3.19. The number of fused-ring (bicyclic) bond motifs is 4. The van der Waals surface area contributed by atoms with Crippen LogP contribution >= 0.6 is 11.3 Å². The fraction of sp³-hybridized carbons (Fsp3) is 0.167. The van der Waals surface area contributed by atoms with Gasteiger partial charge in [-0.05, 0) is 42.8 Å². The highest BCUT2D eigenvalue weighted by atomic mass is 32.1. The highest BCUT2D eigenvalue weighted by molar-refractivity contribution is 7.19. The third-order valence-electron chi connectivity index (χ3n) is 4.22. The first kappa shape index (κ1) is 13.7. The van der Waals surface area contributed by atoms with Crippen LogP contribution in [0.4, 0.5) is 11.5 Å². The lowest BCUT2D eigenvalue weighted by atomic mass is 10.1. The number of aromatic nitrogens is 3. The highest BCUT2D eigenvalue weighted by Crippen LogP contribution is 2.35. The van der Waals surface area contributed by atoms with Crippen molar-refractivity contribution >= 4 is 44.0 Å². The molecular formula is C18H14N4OS. The zero-order valence-corrected chi connectivity index (χ0v) is 13.9. The van der Waals surface area contributed by atoms with Crippen molar-refractivity contribution in [3.05, 3.63) is 47.2 Å². The Labute approximate surface area is 142 Å². The van der Waals surface area contributed by atoms with Gasteiger partial charge in [0, 0.05) is 12.1 Å². The van der Waals surface area contributed by atoms with Crippen LogP contribution in [-0.4, -0.2) is 21.6 Å². The van der Waals surface area contributed by atoms with Crippen molar-refractivity contribution in [3.8, 4) is 5.75 Å². The summed E-state index contributed by atoms with van der Waals surface area (Å²) in [7, 11) is 0. The van der Waals surface area contributed by atoms with Crippen molar-refractivity contribution < 1.29 is 4.74 Å². The van der Waals surface area contributed by atoms with E-state index in [0.29, 0.717) is 0 Å². The molecule has 0 spiro atoms. The molecular weight excluding hydrogens is 320 g/mol. The number of hydrogen-bond donors (Lipinski definition) is 1. The largest absolute Gasteiger partial charge is 0.493 e. The molecule has 0 bridgehead atoms. The van der Waals surface area contributed by atoms with Crippen LogP contribution in [0.1, 0.15) is 10.6 Å². The van der Waals surface area contributed by atoms with Crippen LogP contribution < -0.4 is 10.1 Å². The molecule has 0 amide bonds. The Hall–Kier alpha value is -2.73. The summed E-state index contributed by atoms with van der Waals surface area (Å²) >= 11 is 1.68. The van der Waals surface area contributed by atoms with E-state index in [9.17, 15) is 0 Å². The molecule has 0 saturated carbocycles. The van der Waals surface area contributed by atoms with Gasteiger partial charge in [-0.15, -0.1) is 11.3 Å². The zero-order valence-electron chi connectivity index (χ0n) is 13.0. The quantitative estimate of drug-likeness (QED) is 0.594. The third-order valence-corrected chi connectivity index (χ3v) is 5.22. The predicted molar refractivity (Wildman–Crippen MR) is 96.4 cm³/mol. The summed E-state index contributed by atoms with van der Waals surface area (Å²) in [6.07, 6.45) is 2.55. The molecule has 5 rings (SSSR count). The Balaban J connectivity index is 1.67. The van der Waals surface area contributed by atoms with E-state index in [1.54, 1.807) is 17.7 Å². The van der Waals surface area contributed by atoms with E-state index in [4.69, 9.17) is 4.74 Å². The Morgan fingerprint density at radius 1 is 1.12 bits per heavy atom. The maximum absolute atomic E-state index is 5.57. The summed E-state index contributed by atoms with van der Waals surface area (Å²) in [6, 6.07) is 10.2. The summed E-state index contributed by atoms with van der Waals surface area (Å²) in [4.78, 5) is 13.5. The van der Waals surface area contributed by atoms with Gasteiger partial charge in [-0.1, -0.05) is 0 Å². The summed E-state index contributed by atoms with van der Waals surface area (Å²) in [5.74, 6) is 1.79. The number of aryl methyl sites for hydroxylation is 1. The number of hydrogen-bond acceptors (Lipinski definition) is 6. The van der Waals surface area contributed by atoms with Gasteiger partial charge in [-0.25, -0.2) is 15.0 Å². The van der Waals surface area contributed by atoms with Crippen LogP contribution in [0.25, 0.3) is 21.1 Å². The molecule has 0 aliphatic carbocycles. The maximum Gasteiger partial charge on any atom is 0.143 e. The lowest BCUT2D eigenvalue weighted by Gasteiger charge is -2.10. The normalized spacial score (nSPS) is 13.2. The lowest BCUT2D eigenvalue weighted by molar-refractivity contribution is 0.357. The smallest absolute Gasteiger partial charge is 0.143 e. The second-order valence-corrected chi connectivity index (χ2v) is 7.01. The zero-order chi connectivity index (χ0) is 16.1. The Morgan fingerprint density at radius 2 is 2.04 bits per heavy atom. The highest BCUT2D eigenvalue weighted by Gasteiger charge is 2.14. The SMILES string of the molecule is Cc1nc2ccc3ncnc(Nc4ccc5c(c4)CCO5)c3c2s1. The van der Waals surface area contributed by atoms with Crippen molar-refractivity contribution in [1.29, 1.82) is 0 Å². The molecule has 1 aliphatic rings. The monoisotopic (exact) mass is 334 g/mol. The Kier molecular flexibility index (Phi) is 2.93. The molecule has 0 radical (unpaired) electrons. The molecule has 0 fully saturated rings. The van der Waals surface area contributed by atoms with Crippen molar-refractivity contribution in [2.75, 3.05) is 11.9 Å². The molecule has 6 heteroatoms. The predicted octanol–water partition coefficient (Wildman–Crippen LogP) is 4.23. The fourth-order valence-electron chi connectivity index (χ4n) is 3.14. The average molecular weight is 334 g/mol. The first-order valence-corrected chi connectivity index (χ1v) is 8.63. The first-order valence-electron chi connectivity index (χ1n) is 7.81. The van der Waals surface area contributed by atoms with E-state index in [0.717, 1.165) is 56.4 Å². The van der Waals surface area contributed by atoms with E-state index >= 15 is 0 Å². The molecule has 1 N–H and O–H groups in total. The van der Waals surface area contributed by atoms with E-state index in [1.807, 2.05) is 31.2 Å². The molecule has 3 heterocycles. The van der Waals surface area contributed by atoms with Gasteiger partial charge >= 0.3 is 0 Å². The first-order chi connectivity index (χ1) is 11.8. The number of anilines is 2. The van der Waals surface area contributed by atoms with Crippen LogP contribution in [0.5, 0.6) is 5.75 Å². The number of nitrogens with zero attached hydrogens (tertiary/aromatic N) is 3. The van der Waals surface area contributed by atoms with Crippen LogP contribution in [0, 0.1) is 6.92 Å². The summed E-state index contributed by atoms with van der Waals surface area (Å²) in [6.45, 7) is 2.78. The molecule has 5 nitrogen and oxygen atoms in total. The van der Waals surface area contributed by atoms with Gasteiger partial charge in [-0.3, -0.25) is 0 Å².